The van der Waals surface area contributed by atoms with Crippen molar-refractivity contribution in [1.29, 1.82) is 0 Å². The molecule has 0 spiro atoms. The molecule has 0 amide bonds. The Morgan fingerprint density at radius 1 is 1.07 bits per heavy atom. The standard InChI is InChI=1S/C22H26O6/c1-14(2)27-18-11-17(28-21(23)12-18)8-7-16-9-19(24-3)22(20(10-16)25-4)26-13-15-5-6-15/h7-12,14-15H,5-6,13H2,1-4H3. The van der Waals surface area contributed by atoms with E-state index in [0.717, 1.165) is 5.56 Å². The molecule has 1 aliphatic carbocycles. The maximum absolute atomic E-state index is 11.7. The molecular formula is C22H26O6. The number of benzene rings is 1. The summed E-state index contributed by atoms with van der Waals surface area (Å²) in [7, 11) is 3.19. The molecule has 0 N–H and O–H groups in total. The average Bonchev–Trinajstić information content (AvgIpc) is 3.47. The van der Waals surface area contributed by atoms with E-state index in [1.165, 1.54) is 18.9 Å². The third-order valence-corrected chi connectivity index (χ3v) is 4.22. The van der Waals surface area contributed by atoms with Crippen molar-refractivity contribution in [3.05, 3.63) is 46.0 Å². The smallest absolute Gasteiger partial charge is 0.339 e. The van der Waals surface area contributed by atoms with Crippen molar-refractivity contribution in [2.24, 2.45) is 5.92 Å². The lowest BCUT2D eigenvalue weighted by Gasteiger charge is -2.15. The predicted octanol–water partition coefficient (Wildman–Crippen LogP) is 4.40. The number of methoxy groups -OCH3 is 2. The summed E-state index contributed by atoms with van der Waals surface area (Å²) < 4.78 is 27.7. The van der Waals surface area contributed by atoms with Crippen LogP contribution in [0.2, 0.25) is 0 Å². The van der Waals surface area contributed by atoms with Crippen LogP contribution in [0.25, 0.3) is 12.2 Å². The Bertz CT molecular complexity index is 867. The number of ether oxygens (including phenoxy) is 4. The molecule has 1 aromatic heterocycles. The van der Waals surface area contributed by atoms with Crippen LogP contribution in [0.5, 0.6) is 23.0 Å². The van der Waals surface area contributed by atoms with Gasteiger partial charge < -0.3 is 23.4 Å². The number of hydrogen-bond donors (Lipinski definition) is 0. The third kappa shape index (κ3) is 5.31. The number of rotatable bonds is 9. The average molecular weight is 386 g/mol. The van der Waals surface area contributed by atoms with Gasteiger partial charge >= 0.3 is 5.63 Å². The molecule has 1 aliphatic rings. The first-order valence-electron chi connectivity index (χ1n) is 9.37. The summed E-state index contributed by atoms with van der Waals surface area (Å²) in [5.74, 6) is 3.29. The maximum Gasteiger partial charge on any atom is 0.339 e. The number of hydrogen-bond acceptors (Lipinski definition) is 6. The van der Waals surface area contributed by atoms with Gasteiger partial charge in [0.05, 0.1) is 33.0 Å². The molecule has 0 atom stereocenters. The molecule has 3 rings (SSSR count). The largest absolute Gasteiger partial charge is 0.493 e. The zero-order valence-corrected chi connectivity index (χ0v) is 16.7. The molecule has 1 fully saturated rings. The van der Waals surface area contributed by atoms with Gasteiger partial charge in [-0.25, -0.2) is 4.79 Å². The molecule has 150 valence electrons. The molecule has 0 bridgehead atoms. The first kappa shape index (κ1) is 19.9. The minimum absolute atomic E-state index is 0.0321. The lowest BCUT2D eigenvalue weighted by molar-refractivity contribution is 0.239. The van der Waals surface area contributed by atoms with Crippen molar-refractivity contribution in [1.82, 2.24) is 0 Å². The van der Waals surface area contributed by atoms with Crippen LogP contribution >= 0.6 is 0 Å². The van der Waals surface area contributed by atoms with Crippen LogP contribution in [0, 0.1) is 5.92 Å². The van der Waals surface area contributed by atoms with Gasteiger partial charge in [-0.2, -0.15) is 0 Å². The van der Waals surface area contributed by atoms with Gasteiger partial charge in [0.2, 0.25) is 5.75 Å². The Balaban J connectivity index is 1.85. The fraction of sp³-hybridized carbons (Fsp3) is 0.409. The second-order valence-corrected chi connectivity index (χ2v) is 7.02. The van der Waals surface area contributed by atoms with Gasteiger partial charge in [-0.1, -0.05) is 6.08 Å². The second kappa shape index (κ2) is 8.87. The lowest BCUT2D eigenvalue weighted by Crippen LogP contribution is -2.08. The van der Waals surface area contributed by atoms with E-state index >= 15 is 0 Å². The summed E-state index contributed by atoms with van der Waals surface area (Å²) >= 11 is 0. The van der Waals surface area contributed by atoms with E-state index in [1.807, 2.05) is 32.1 Å². The van der Waals surface area contributed by atoms with E-state index in [2.05, 4.69) is 0 Å². The second-order valence-electron chi connectivity index (χ2n) is 7.02. The van der Waals surface area contributed by atoms with E-state index in [1.54, 1.807) is 26.4 Å². The fourth-order valence-corrected chi connectivity index (χ4v) is 2.70. The highest BCUT2D eigenvalue weighted by Crippen LogP contribution is 2.40. The van der Waals surface area contributed by atoms with Gasteiger partial charge in [-0.15, -0.1) is 0 Å². The van der Waals surface area contributed by atoms with E-state index in [0.29, 0.717) is 41.3 Å². The van der Waals surface area contributed by atoms with Crippen LogP contribution in [0.4, 0.5) is 0 Å². The van der Waals surface area contributed by atoms with Crippen LogP contribution in [0.1, 0.15) is 38.0 Å². The zero-order chi connectivity index (χ0) is 20.1. The van der Waals surface area contributed by atoms with Gasteiger partial charge in [0.1, 0.15) is 11.5 Å². The Kier molecular flexibility index (Phi) is 6.29. The van der Waals surface area contributed by atoms with Crippen LogP contribution in [0.15, 0.2) is 33.5 Å². The highest BCUT2D eigenvalue weighted by molar-refractivity contribution is 5.71. The Morgan fingerprint density at radius 2 is 1.75 bits per heavy atom. The summed E-state index contributed by atoms with van der Waals surface area (Å²) in [5, 5.41) is 0. The molecule has 0 saturated heterocycles. The van der Waals surface area contributed by atoms with Crippen molar-refractivity contribution < 1.29 is 23.4 Å². The summed E-state index contributed by atoms with van der Waals surface area (Å²) in [6.45, 7) is 4.46. The maximum atomic E-state index is 11.7. The van der Waals surface area contributed by atoms with Crippen molar-refractivity contribution >= 4 is 12.2 Å². The van der Waals surface area contributed by atoms with E-state index in [4.69, 9.17) is 23.4 Å². The highest BCUT2D eigenvalue weighted by atomic mass is 16.5. The predicted molar refractivity (Wildman–Crippen MR) is 107 cm³/mol. The van der Waals surface area contributed by atoms with Gasteiger partial charge in [0.25, 0.3) is 0 Å². The third-order valence-electron chi connectivity index (χ3n) is 4.22. The first-order valence-corrected chi connectivity index (χ1v) is 9.37. The van der Waals surface area contributed by atoms with Crippen LogP contribution in [-0.2, 0) is 0 Å². The molecular weight excluding hydrogens is 360 g/mol. The summed E-state index contributed by atoms with van der Waals surface area (Å²) in [4.78, 5) is 11.7. The summed E-state index contributed by atoms with van der Waals surface area (Å²) in [6, 6.07) is 6.72. The molecule has 1 aromatic carbocycles. The van der Waals surface area contributed by atoms with Crippen LogP contribution in [0.3, 0.4) is 0 Å². The molecule has 6 nitrogen and oxygen atoms in total. The molecule has 0 radical (unpaired) electrons. The SMILES string of the molecule is COc1cc(C=Cc2cc(OC(C)C)cc(=O)o2)cc(OC)c1OCC1CC1. The first-order chi connectivity index (χ1) is 13.5. The monoisotopic (exact) mass is 386 g/mol. The van der Waals surface area contributed by atoms with Gasteiger partial charge in [-0.05, 0) is 56.4 Å². The topological polar surface area (TPSA) is 67.1 Å². The lowest BCUT2D eigenvalue weighted by atomic mass is 10.1. The van der Waals surface area contributed by atoms with E-state index in [-0.39, 0.29) is 6.10 Å². The minimum atomic E-state index is -0.461. The molecule has 6 heteroatoms. The Morgan fingerprint density at radius 3 is 2.32 bits per heavy atom. The highest BCUT2D eigenvalue weighted by Gasteiger charge is 2.24. The van der Waals surface area contributed by atoms with Crippen molar-refractivity contribution in [2.45, 2.75) is 32.8 Å². The van der Waals surface area contributed by atoms with Crippen LogP contribution < -0.4 is 24.6 Å². The van der Waals surface area contributed by atoms with Crippen molar-refractivity contribution in [2.75, 3.05) is 20.8 Å². The van der Waals surface area contributed by atoms with Gasteiger partial charge in [0.15, 0.2) is 11.5 Å². The van der Waals surface area contributed by atoms with Crippen molar-refractivity contribution in [3.8, 4) is 23.0 Å². The Labute approximate surface area is 164 Å². The minimum Gasteiger partial charge on any atom is -0.493 e. The normalized spacial score (nSPS) is 13.8. The van der Waals surface area contributed by atoms with Gasteiger partial charge in [0, 0.05) is 6.07 Å². The fourth-order valence-electron chi connectivity index (χ4n) is 2.70. The molecule has 1 heterocycles. The Hall–Kier alpha value is -2.89. The molecule has 0 aliphatic heterocycles. The zero-order valence-electron chi connectivity index (χ0n) is 16.7. The van der Waals surface area contributed by atoms with Crippen LogP contribution in [-0.4, -0.2) is 26.9 Å². The summed E-state index contributed by atoms with van der Waals surface area (Å²) in [5.41, 5.74) is 0.363. The molecule has 28 heavy (non-hydrogen) atoms. The van der Waals surface area contributed by atoms with E-state index < -0.39 is 5.63 Å². The molecule has 2 aromatic rings. The molecule has 1 saturated carbocycles. The van der Waals surface area contributed by atoms with Crippen molar-refractivity contribution in [3.63, 3.8) is 0 Å². The quantitative estimate of drug-likeness (QED) is 0.636. The van der Waals surface area contributed by atoms with Gasteiger partial charge in [-0.3, -0.25) is 0 Å². The molecule has 0 unspecified atom stereocenters. The van der Waals surface area contributed by atoms with E-state index in [9.17, 15) is 4.79 Å². The summed E-state index contributed by atoms with van der Waals surface area (Å²) in [6.07, 6.45) is 5.89.